The summed E-state index contributed by atoms with van der Waals surface area (Å²) in [7, 11) is 3.84. The van der Waals surface area contributed by atoms with Crippen LogP contribution >= 0.6 is 11.6 Å². The standard InChI is InChI=1S/C15H20ClN3O/c1-4-12(17-2)11-7-5-6-8-13(11)20-10-15-18-9-14(16)19(15)3/h5-9,12,17H,4,10H2,1-3H3. The van der Waals surface area contributed by atoms with Gasteiger partial charge in [-0.3, -0.25) is 0 Å². The Morgan fingerprint density at radius 1 is 1.40 bits per heavy atom. The number of ether oxygens (including phenoxy) is 1. The van der Waals surface area contributed by atoms with Gasteiger partial charge in [0.2, 0.25) is 0 Å². The molecule has 108 valence electrons. The van der Waals surface area contributed by atoms with Crippen molar-refractivity contribution in [1.82, 2.24) is 14.9 Å². The highest BCUT2D eigenvalue weighted by atomic mass is 35.5. The Bertz CT molecular complexity index is 564. The van der Waals surface area contributed by atoms with Gasteiger partial charge >= 0.3 is 0 Å². The molecule has 0 saturated heterocycles. The molecular formula is C15H20ClN3O. The maximum absolute atomic E-state index is 5.97. The van der Waals surface area contributed by atoms with Gasteiger partial charge in [0, 0.05) is 18.7 Å². The average molecular weight is 294 g/mol. The van der Waals surface area contributed by atoms with Crippen LogP contribution < -0.4 is 10.1 Å². The molecule has 0 fully saturated rings. The Labute approximate surface area is 124 Å². The fourth-order valence-corrected chi connectivity index (χ4v) is 2.33. The summed E-state index contributed by atoms with van der Waals surface area (Å²) in [6.45, 7) is 2.55. The van der Waals surface area contributed by atoms with E-state index in [4.69, 9.17) is 16.3 Å². The van der Waals surface area contributed by atoms with Crippen LogP contribution in [0.1, 0.15) is 30.8 Å². The summed E-state index contributed by atoms with van der Waals surface area (Å²) in [5.74, 6) is 1.69. The van der Waals surface area contributed by atoms with E-state index in [1.54, 1.807) is 6.20 Å². The summed E-state index contributed by atoms with van der Waals surface area (Å²) in [4.78, 5) is 4.24. The Morgan fingerprint density at radius 2 is 2.15 bits per heavy atom. The highest BCUT2D eigenvalue weighted by Crippen LogP contribution is 2.27. The van der Waals surface area contributed by atoms with E-state index in [2.05, 4.69) is 23.3 Å². The van der Waals surface area contributed by atoms with Crippen LogP contribution in [0.3, 0.4) is 0 Å². The largest absolute Gasteiger partial charge is 0.485 e. The number of hydrogen-bond donors (Lipinski definition) is 1. The molecule has 4 nitrogen and oxygen atoms in total. The number of nitrogens with zero attached hydrogens (tertiary/aromatic N) is 2. The van der Waals surface area contributed by atoms with E-state index in [1.807, 2.05) is 36.9 Å². The first-order chi connectivity index (χ1) is 9.67. The quantitative estimate of drug-likeness (QED) is 0.888. The molecule has 1 atom stereocenters. The molecule has 20 heavy (non-hydrogen) atoms. The van der Waals surface area contributed by atoms with Gasteiger partial charge in [-0.05, 0) is 19.5 Å². The molecule has 2 aromatic rings. The van der Waals surface area contributed by atoms with E-state index in [-0.39, 0.29) is 6.04 Å². The molecule has 0 radical (unpaired) electrons. The fourth-order valence-electron chi connectivity index (χ4n) is 2.18. The van der Waals surface area contributed by atoms with E-state index in [0.29, 0.717) is 11.8 Å². The van der Waals surface area contributed by atoms with Crippen molar-refractivity contribution in [3.05, 3.63) is 47.0 Å². The first kappa shape index (κ1) is 14.9. The van der Waals surface area contributed by atoms with Gasteiger partial charge in [-0.2, -0.15) is 0 Å². The highest BCUT2D eigenvalue weighted by Gasteiger charge is 2.13. The lowest BCUT2D eigenvalue weighted by atomic mass is 10.0. The van der Waals surface area contributed by atoms with Crippen molar-refractivity contribution >= 4 is 11.6 Å². The molecule has 1 aromatic carbocycles. The molecule has 0 aliphatic carbocycles. The summed E-state index contributed by atoms with van der Waals surface area (Å²) in [5, 5.41) is 3.91. The number of imidazole rings is 1. The van der Waals surface area contributed by atoms with Crippen LogP contribution in [0, 0.1) is 0 Å². The molecule has 0 aliphatic heterocycles. The highest BCUT2D eigenvalue weighted by molar-refractivity contribution is 6.29. The smallest absolute Gasteiger partial charge is 0.147 e. The lowest BCUT2D eigenvalue weighted by Crippen LogP contribution is -2.16. The monoisotopic (exact) mass is 293 g/mol. The maximum Gasteiger partial charge on any atom is 0.147 e. The average Bonchev–Trinajstić information content (AvgIpc) is 2.79. The lowest BCUT2D eigenvalue weighted by molar-refractivity contribution is 0.285. The summed E-state index contributed by atoms with van der Waals surface area (Å²) in [6.07, 6.45) is 2.64. The SMILES string of the molecule is CCC(NC)c1ccccc1OCc1ncc(Cl)n1C. The molecule has 0 saturated carbocycles. The number of nitrogens with one attached hydrogen (secondary N) is 1. The van der Waals surface area contributed by atoms with Crippen molar-refractivity contribution in [2.24, 2.45) is 7.05 Å². The number of para-hydroxylation sites is 1. The van der Waals surface area contributed by atoms with Crippen LogP contribution in [0.4, 0.5) is 0 Å². The van der Waals surface area contributed by atoms with Crippen molar-refractivity contribution in [3.63, 3.8) is 0 Å². The number of rotatable bonds is 6. The van der Waals surface area contributed by atoms with Crippen LogP contribution in [0.2, 0.25) is 5.15 Å². The summed E-state index contributed by atoms with van der Waals surface area (Å²) in [5.41, 5.74) is 1.16. The molecule has 1 heterocycles. The van der Waals surface area contributed by atoms with E-state index < -0.39 is 0 Å². The first-order valence-electron chi connectivity index (χ1n) is 6.72. The van der Waals surface area contributed by atoms with Crippen molar-refractivity contribution in [1.29, 1.82) is 0 Å². The second kappa shape index (κ2) is 6.77. The number of benzene rings is 1. The van der Waals surface area contributed by atoms with Gasteiger partial charge in [-0.1, -0.05) is 36.7 Å². The normalized spacial score (nSPS) is 12.4. The molecule has 1 unspecified atom stereocenters. The molecule has 5 heteroatoms. The van der Waals surface area contributed by atoms with Gasteiger partial charge in [-0.25, -0.2) is 4.98 Å². The van der Waals surface area contributed by atoms with Crippen molar-refractivity contribution < 1.29 is 4.74 Å². The third-order valence-electron chi connectivity index (χ3n) is 3.44. The molecule has 1 N–H and O–H groups in total. The van der Waals surface area contributed by atoms with Crippen LogP contribution in [0.15, 0.2) is 30.5 Å². The minimum absolute atomic E-state index is 0.288. The lowest BCUT2D eigenvalue weighted by Gasteiger charge is -2.18. The molecule has 0 amide bonds. The van der Waals surface area contributed by atoms with Gasteiger partial charge in [0.1, 0.15) is 23.3 Å². The Kier molecular flexibility index (Phi) is 5.04. The van der Waals surface area contributed by atoms with Crippen LogP contribution in [0.25, 0.3) is 0 Å². The van der Waals surface area contributed by atoms with E-state index in [1.165, 1.54) is 0 Å². The van der Waals surface area contributed by atoms with Crippen LogP contribution in [-0.4, -0.2) is 16.6 Å². The zero-order valence-corrected chi connectivity index (χ0v) is 12.8. The van der Waals surface area contributed by atoms with Crippen molar-refractivity contribution in [2.75, 3.05) is 7.05 Å². The number of aromatic nitrogens is 2. The van der Waals surface area contributed by atoms with Gasteiger partial charge in [-0.15, -0.1) is 0 Å². The van der Waals surface area contributed by atoms with Gasteiger partial charge in [0.05, 0.1) is 6.20 Å². The minimum atomic E-state index is 0.288. The third-order valence-corrected chi connectivity index (χ3v) is 3.79. The first-order valence-corrected chi connectivity index (χ1v) is 7.10. The molecular weight excluding hydrogens is 274 g/mol. The molecule has 1 aromatic heterocycles. The Hall–Kier alpha value is -1.52. The van der Waals surface area contributed by atoms with E-state index >= 15 is 0 Å². The predicted octanol–water partition coefficient (Wildman–Crippen LogP) is 3.32. The Balaban J connectivity index is 2.15. The Morgan fingerprint density at radius 3 is 2.75 bits per heavy atom. The van der Waals surface area contributed by atoms with Gasteiger partial charge < -0.3 is 14.6 Å². The van der Waals surface area contributed by atoms with E-state index in [0.717, 1.165) is 23.6 Å². The summed E-state index contributed by atoms with van der Waals surface area (Å²) in [6, 6.07) is 8.37. The molecule has 0 aliphatic rings. The topological polar surface area (TPSA) is 39.1 Å². The molecule has 2 rings (SSSR count). The van der Waals surface area contributed by atoms with Crippen LogP contribution in [-0.2, 0) is 13.7 Å². The third kappa shape index (κ3) is 3.14. The zero-order chi connectivity index (χ0) is 14.5. The summed E-state index contributed by atoms with van der Waals surface area (Å²) < 4.78 is 7.74. The van der Waals surface area contributed by atoms with Crippen molar-refractivity contribution in [2.45, 2.75) is 26.0 Å². The fraction of sp³-hybridized carbons (Fsp3) is 0.400. The van der Waals surface area contributed by atoms with Gasteiger partial charge in [0.25, 0.3) is 0 Å². The zero-order valence-electron chi connectivity index (χ0n) is 12.1. The summed E-state index contributed by atoms with van der Waals surface area (Å²) >= 11 is 5.97. The molecule has 0 spiro atoms. The minimum Gasteiger partial charge on any atom is -0.485 e. The number of halogens is 1. The maximum atomic E-state index is 5.97. The van der Waals surface area contributed by atoms with Gasteiger partial charge in [0.15, 0.2) is 0 Å². The number of hydrogen-bond acceptors (Lipinski definition) is 3. The van der Waals surface area contributed by atoms with E-state index in [9.17, 15) is 0 Å². The molecule has 0 bridgehead atoms. The van der Waals surface area contributed by atoms with Crippen molar-refractivity contribution in [3.8, 4) is 5.75 Å². The predicted molar refractivity (Wildman–Crippen MR) is 81.1 cm³/mol. The second-order valence-electron chi connectivity index (χ2n) is 4.63. The van der Waals surface area contributed by atoms with Crippen LogP contribution in [0.5, 0.6) is 5.75 Å². The second-order valence-corrected chi connectivity index (χ2v) is 5.02.